The summed E-state index contributed by atoms with van der Waals surface area (Å²) in [5.74, 6) is 1.40. The van der Waals surface area contributed by atoms with Crippen molar-refractivity contribution in [3.05, 3.63) is 46.6 Å². The molecular weight excluding hydrogens is 296 g/mol. The second kappa shape index (κ2) is 5.20. The van der Waals surface area contributed by atoms with E-state index in [0.717, 1.165) is 10.9 Å². The Bertz CT molecular complexity index is 1010. The molecule has 0 atom stereocenters. The zero-order chi connectivity index (χ0) is 15.8. The van der Waals surface area contributed by atoms with Gasteiger partial charge in [0, 0.05) is 10.9 Å². The number of benzene rings is 2. The van der Waals surface area contributed by atoms with Crippen molar-refractivity contribution in [1.82, 2.24) is 20.6 Å². The third-order valence-corrected chi connectivity index (χ3v) is 3.57. The number of rotatable bonds is 3. The zero-order valence-corrected chi connectivity index (χ0v) is 12.2. The van der Waals surface area contributed by atoms with Crippen molar-refractivity contribution in [3.63, 3.8) is 0 Å². The van der Waals surface area contributed by atoms with Crippen LogP contribution in [0.4, 0.5) is 0 Å². The molecule has 0 fully saturated rings. The first-order valence-corrected chi connectivity index (χ1v) is 7.14. The Labute approximate surface area is 130 Å². The highest BCUT2D eigenvalue weighted by Gasteiger charge is 2.15. The number of ether oxygens (including phenoxy) is 1. The average Bonchev–Trinajstić information content (AvgIpc) is 3.10. The van der Waals surface area contributed by atoms with Gasteiger partial charge < -0.3 is 9.15 Å². The Morgan fingerprint density at radius 2 is 2.13 bits per heavy atom. The molecule has 0 amide bonds. The van der Waals surface area contributed by atoms with E-state index in [1.807, 2.05) is 25.1 Å². The highest BCUT2D eigenvalue weighted by molar-refractivity contribution is 5.86. The average molecular weight is 308 g/mol. The van der Waals surface area contributed by atoms with Gasteiger partial charge in [0.25, 0.3) is 0 Å². The van der Waals surface area contributed by atoms with Gasteiger partial charge in [-0.3, -0.25) is 4.79 Å². The van der Waals surface area contributed by atoms with Crippen molar-refractivity contribution in [1.29, 1.82) is 0 Å². The molecule has 2 heterocycles. The minimum atomic E-state index is -0.168. The SMILES string of the molecule is CCOc1ccc2oc3cc(-c4nnn[nH]4)ccc3cc-2c1=O. The molecule has 1 aromatic heterocycles. The predicted molar refractivity (Wildman–Crippen MR) is 83.4 cm³/mol. The molecule has 2 aliphatic rings. The number of tetrazole rings is 1. The maximum Gasteiger partial charge on any atom is 0.231 e. The number of H-pyrrole nitrogens is 1. The van der Waals surface area contributed by atoms with Crippen LogP contribution in [0.1, 0.15) is 6.92 Å². The molecule has 1 aliphatic heterocycles. The molecule has 23 heavy (non-hydrogen) atoms. The predicted octanol–water partition coefficient (Wildman–Crippen LogP) is 2.48. The Balaban J connectivity index is 1.93. The minimum Gasteiger partial charge on any atom is -0.490 e. The first kappa shape index (κ1) is 13.4. The molecule has 0 unspecified atom stereocenters. The topological polar surface area (TPSA) is 93.9 Å². The van der Waals surface area contributed by atoms with E-state index in [1.54, 1.807) is 18.2 Å². The Morgan fingerprint density at radius 3 is 2.91 bits per heavy atom. The smallest absolute Gasteiger partial charge is 0.231 e. The summed E-state index contributed by atoms with van der Waals surface area (Å²) < 4.78 is 11.2. The molecule has 7 heteroatoms. The van der Waals surface area contributed by atoms with Crippen molar-refractivity contribution in [2.75, 3.05) is 6.61 Å². The number of fused-ring (bicyclic) bond motifs is 2. The van der Waals surface area contributed by atoms with E-state index in [2.05, 4.69) is 20.6 Å². The number of nitrogens with zero attached hydrogens (tertiary/aromatic N) is 3. The van der Waals surface area contributed by atoms with Gasteiger partial charge in [-0.05, 0) is 41.6 Å². The minimum absolute atomic E-state index is 0.168. The summed E-state index contributed by atoms with van der Waals surface area (Å²) in [5, 5.41) is 14.5. The molecule has 0 saturated heterocycles. The van der Waals surface area contributed by atoms with Crippen molar-refractivity contribution < 1.29 is 9.15 Å². The van der Waals surface area contributed by atoms with Gasteiger partial charge >= 0.3 is 0 Å². The highest BCUT2D eigenvalue weighted by atomic mass is 16.5. The number of hydrogen-bond donors (Lipinski definition) is 1. The number of hydrogen-bond acceptors (Lipinski definition) is 6. The first-order chi connectivity index (χ1) is 11.3. The van der Waals surface area contributed by atoms with Gasteiger partial charge in [0.1, 0.15) is 11.3 Å². The van der Waals surface area contributed by atoms with Crippen molar-refractivity contribution in [3.8, 4) is 28.5 Å². The summed E-state index contributed by atoms with van der Waals surface area (Å²) >= 11 is 0. The van der Waals surface area contributed by atoms with E-state index in [9.17, 15) is 4.79 Å². The fourth-order valence-corrected chi connectivity index (χ4v) is 2.50. The second-order valence-electron chi connectivity index (χ2n) is 4.99. The zero-order valence-electron chi connectivity index (χ0n) is 12.2. The summed E-state index contributed by atoms with van der Waals surface area (Å²) in [6.07, 6.45) is 0. The molecule has 1 aliphatic carbocycles. The van der Waals surface area contributed by atoms with Gasteiger partial charge in [-0.1, -0.05) is 12.1 Å². The van der Waals surface area contributed by atoms with Crippen LogP contribution in [0.2, 0.25) is 0 Å². The van der Waals surface area contributed by atoms with E-state index in [0.29, 0.717) is 35.1 Å². The first-order valence-electron chi connectivity index (χ1n) is 7.14. The van der Waals surface area contributed by atoms with Gasteiger partial charge in [0.05, 0.1) is 12.2 Å². The Hall–Kier alpha value is -3.22. The molecule has 0 saturated carbocycles. The Morgan fingerprint density at radius 1 is 1.22 bits per heavy atom. The van der Waals surface area contributed by atoms with Crippen LogP contribution in [0.25, 0.3) is 33.7 Å². The summed E-state index contributed by atoms with van der Waals surface area (Å²) in [5.41, 5.74) is 1.78. The highest BCUT2D eigenvalue weighted by Crippen LogP contribution is 2.29. The van der Waals surface area contributed by atoms with Crippen LogP contribution in [0.15, 0.2) is 45.6 Å². The maximum atomic E-state index is 12.4. The summed E-state index contributed by atoms with van der Waals surface area (Å²) in [6, 6.07) is 10.7. The Kier molecular flexibility index (Phi) is 3.04. The standard InChI is InChI=1S/C16H12N4O3/c1-2-22-13-6-5-12-11(15(13)21)7-9-3-4-10(8-14(9)23-12)16-17-19-20-18-16/h3-8H,2H2,1H3,(H,17,18,19,20). The molecule has 4 rings (SSSR count). The molecule has 114 valence electrons. The lowest BCUT2D eigenvalue weighted by Gasteiger charge is -2.09. The van der Waals surface area contributed by atoms with Crippen LogP contribution in [0.3, 0.4) is 0 Å². The van der Waals surface area contributed by atoms with Gasteiger partial charge in [0.2, 0.25) is 5.43 Å². The largest absolute Gasteiger partial charge is 0.490 e. The van der Waals surface area contributed by atoms with E-state index >= 15 is 0 Å². The quantitative estimate of drug-likeness (QED) is 0.584. The summed E-state index contributed by atoms with van der Waals surface area (Å²) in [4.78, 5) is 12.4. The lowest BCUT2D eigenvalue weighted by atomic mass is 10.1. The van der Waals surface area contributed by atoms with Crippen LogP contribution < -0.4 is 10.2 Å². The number of nitrogens with one attached hydrogen (secondary N) is 1. The van der Waals surface area contributed by atoms with Gasteiger partial charge in [-0.25, -0.2) is 5.10 Å². The van der Waals surface area contributed by atoms with Crippen molar-refractivity contribution >= 4 is 11.0 Å². The normalized spacial score (nSPS) is 11.2. The maximum absolute atomic E-state index is 12.4. The molecule has 1 N–H and O–H groups in total. The lowest BCUT2D eigenvalue weighted by molar-refractivity contribution is 0.337. The molecular formula is C16H12N4O3. The van der Waals surface area contributed by atoms with E-state index in [-0.39, 0.29) is 5.43 Å². The third kappa shape index (κ3) is 2.22. The number of aromatic nitrogens is 4. The van der Waals surface area contributed by atoms with Crippen molar-refractivity contribution in [2.45, 2.75) is 6.92 Å². The molecule has 0 spiro atoms. The van der Waals surface area contributed by atoms with Crippen LogP contribution in [0, 0.1) is 0 Å². The molecule has 7 nitrogen and oxygen atoms in total. The second-order valence-corrected chi connectivity index (χ2v) is 4.99. The van der Waals surface area contributed by atoms with E-state index < -0.39 is 0 Å². The van der Waals surface area contributed by atoms with Crippen LogP contribution >= 0.6 is 0 Å². The van der Waals surface area contributed by atoms with Gasteiger partial charge in [-0.2, -0.15) is 0 Å². The molecule has 1 aromatic carbocycles. The van der Waals surface area contributed by atoms with Crippen LogP contribution in [-0.4, -0.2) is 27.2 Å². The van der Waals surface area contributed by atoms with E-state index in [4.69, 9.17) is 9.15 Å². The fraction of sp³-hybridized carbons (Fsp3) is 0.125. The lowest BCUT2D eigenvalue weighted by Crippen LogP contribution is -2.10. The monoisotopic (exact) mass is 308 g/mol. The fourth-order valence-electron chi connectivity index (χ4n) is 2.50. The van der Waals surface area contributed by atoms with Gasteiger partial charge in [-0.15, -0.1) is 5.10 Å². The summed E-state index contributed by atoms with van der Waals surface area (Å²) in [6.45, 7) is 2.29. The molecule has 0 radical (unpaired) electrons. The van der Waals surface area contributed by atoms with Crippen molar-refractivity contribution in [2.24, 2.45) is 0 Å². The van der Waals surface area contributed by atoms with E-state index in [1.165, 1.54) is 0 Å². The third-order valence-electron chi connectivity index (χ3n) is 3.57. The van der Waals surface area contributed by atoms with Crippen LogP contribution in [-0.2, 0) is 0 Å². The molecule has 2 aromatic rings. The number of aromatic amines is 1. The molecule has 0 bridgehead atoms. The van der Waals surface area contributed by atoms with Crippen LogP contribution in [0.5, 0.6) is 5.75 Å². The summed E-state index contributed by atoms with van der Waals surface area (Å²) in [7, 11) is 0. The van der Waals surface area contributed by atoms with Gasteiger partial charge in [0.15, 0.2) is 11.6 Å².